The van der Waals surface area contributed by atoms with Crippen molar-refractivity contribution in [3.63, 3.8) is 0 Å². The molecule has 1 aliphatic carbocycles. The maximum atomic E-state index is 13.2. The number of allylic oxidation sites excluding steroid dienone is 2. The van der Waals surface area contributed by atoms with E-state index in [0.717, 1.165) is 35.1 Å². The monoisotopic (exact) mass is 408 g/mol. The largest absolute Gasteiger partial charge is 0.493 e. The zero-order valence-corrected chi connectivity index (χ0v) is 18.2. The van der Waals surface area contributed by atoms with Crippen LogP contribution in [-0.2, 0) is 4.79 Å². The minimum absolute atomic E-state index is 0.0812. The Kier molecular flexibility index (Phi) is 6.83. The molecule has 1 aliphatic rings. The van der Waals surface area contributed by atoms with Crippen molar-refractivity contribution in [1.29, 1.82) is 0 Å². The van der Waals surface area contributed by atoms with E-state index in [4.69, 9.17) is 18.9 Å². The fraction of sp³-hybridized carbons (Fsp3) is 0.320. The number of rotatable bonds is 6. The van der Waals surface area contributed by atoms with Gasteiger partial charge in [0.15, 0.2) is 28.8 Å². The molecule has 0 heterocycles. The van der Waals surface area contributed by atoms with Crippen molar-refractivity contribution >= 4 is 17.9 Å². The number of hydrogen-bond acceptors (Lipinski definition) is 5. The number of ether oxygens (including phenoxy) is 4. The van der Waals surface area contributed by atoms with Gasteiger partial charge in [0.25, 0.3) is 0 Å². The Balaban J connectivity index is 1.93. The van der Waals surface area contributed by atoms with Gasteiger partial charge >= 0.3 is 0 Å². The lowest BCUT2D eigenvalue weighted by molar-refractivity contribution is -0.113. The van der Waals surface area contributed by atoms with Crippen LogP contribution in [0.25, 0.3) is 12.2 Å². The number of methoxy groups -OCH3 is 4. The molecule has 158 valence electrons. The summed E-state index contributed by atoms with van der Waals surface area (Å²) in [5, 5.41) is 0. The maximum absolute atomic E-state index is 13.2. The second-order valence-corrected chi connectivity index (χ2v) is 7.41. The average molecular weight is 408 g/mol. The third kappa shape index (κ3) is 4.67. The standard InChI is InChI=1S/C25H28O5/c1-16-10-19(12-17-6-8-21(27-2)23(14-17)29-4)25(26)20(11-16)13-18-7-9-22(28-3)24(15-18)30-5/h6-9,12-16H,10-11H2,1-5H3/b19-12+,20-13+. The molecule has 0 aliphatic heterocycles. The van der Waals surface area contributed by atoms with Gasteiger partial charge in [0.2, 0.25) is 0 Å². The number of benzene rings is 2. The Morgan fingerprint density at radius 3 is 1.47 bits per heavy atom. The van der Waals surface area contributed by atoms with Gasteiger partial charge in [0, 0.05) is 11.1 Å². The fourth-order valence-corrected chi connectivity index (χ4v) is 3.75. The van der Waals surface area contributed by atoms with Gasteiger partial charge in [0.1, 0.15) is 0 Å². The van der Waals surface area contributed by atoms with Gasteiger partial charge in [-0.1, -0.05) is 19.1 Å². The summed E-state index contributed by atoms with van der Waals surface area (Å²) in [6, 6.07) is 11.3. The molecule has 1 fully saturated rings. The summed E-state index contributed by atoms with van der Waals surface area (Å²) in [5.41, 5.74) is 3.42. The van der Waals surface area contributed by atoms with Crippen LogP contribution in [-0.4, -0.2) is 34.2 Å². The van der Waals surface area contributed by atoms with Gasteiger partial charge in [-0.15, -0.1) is 0 Å². The third-order valence-corrected chi connectivity index (χ3v) is 5.22. The Bertz CT molecular complexity index is 910. The lowest BCUT2D eigenvalue weighted by Gasteiger charge is -2.23. The molecule has 0 amide bonds. The van der Waals surface area contributed by atoms with Crippen LogP contribution in [0.3, 0.4) is 0 Å². The molecular weight excluding hydrogens is 380 g/mol. The molecule has 30 heavy (non-hydrogen) atoms. The van der Waals surface area contributed by atoms with Crippen molar-refractivity contribution in [1.82, 2.24) is 0 Å². The van der Waals surface area contributed by atoms with Gasteiger partial charge in [-0.3, -0.25) is 4.79 Å². The van der Waals surface area contributed by atoms with E-state index in [1.807, 2.05) is 48.6 Å². The number of carbonyl (C=O) groups is 1. The summed E-state index contributed by atoms with van der Waals surface area (Å²) in [4.78, 5) is 13.2. The van der Waals surface area contributed by atoms with E-state index in [-0.39, 0.29) is 5.78 Å². The molecule has 0 N–H and O–H groups in total. The molecule has 0 radical (unpaired) electrons. The molecule has 5 heteroatoms. The van der Waals surface area contributed by atoms with Crippen molar-refractivity contribution in [2.45, 2.75) is 19.8 Å². The first-order valence-electron chi connectivity index (χ1n) is 9.89. The van der Waals surface area contributed by atoms with Crippen molar-refractivity contribution < 1.29 is 23.7 Å². The Hall–Kier alpha value is -3.21. The predicted octanol–water partition coefficient (Wildman–Crippen LogP) is 5.19. The van der Waals surface area contributed by atoms with Crippen LogP contribution < -0.4 is 18.9 Å². The van der Waals surface area contributed by atoms with Crippen molar-refractivity contribution in [3.05, 3.63) is 58.7 Å². The summed E-state index contributed by atoms with van der Waals surface area (Å²) in [6.45, 7) is 2.16. The lowest BCUT2D eigenvalue weighted by Crippen LogP contribution is -2.18. The van der Waals surface area contributed by atoms with Crippen LogP contribution >= 0.6 is 0 Å². The highest BCUT2D eigenvalue weighted by Gasteiger charge is 2.25. The molecule has 0 saturated heterocycles. The first-order valence-corrected chi connectivity index (χ1v) is 9.89. The quantitative estimate of drug-likeness (QED) is 0.616. The van der Waals surface area contributed by atoms with Crippen LogP contribution in [0, 0.1) is 5.92 Å². The Labute approximate surface area is 177 Å². The molecule has 2 aromatic rings. The smallest absolute Gasteiger partial charge is 0.185 e. The number of ketones is 1. The van der Waals surface area contributed by atoms with E-state index in [0.29, 0.717) is 28.9 Å². The highest BCUT2D eigenvalue weighted by atomic mass is 16.5. The normalized spacial score (nSPS) is 19.1. The molecule has 0 aromatic heterocycles. The molecule has 0 spiro atoms. The highest BCUT2D eigenvalue weighted by molar-refractivity contribution is 6.14. The molecule has 3 rings (SSSR count). The minimum Gasteiger partial charge on any atom is -0.493 e. The summed E-state index contributed by atoms with van der Waals surface area (Å²) >= 11 is 0. The Morgan fingerprint density at radius 1 is 0.700 bits per heavy atom. The molecular formula is C25H28O5. The minimum atomic E-state index is 0.0812. The number of carbonyl (C=O) groups excluding carboxylic acids is 1. The zero-order chi connectivity index (χ0) is 21.7. The Morgan fingerprint density at radius 2 is 1.10 bits per heavy atom. The van der Waals surface area contributed by atoms with E-state index < -0.39 is 0 Å². The molecule has 0 unspecified atom stereocenters. The predicted molar refractivity (Wildman–Crippen MR) is 118 cm³/mol. The topological polar surface area (TPSA) is 54.0 Å². The molecule has 2 aromatic carbocycles. The summed E-state index contributed by atoms with van der Waals surface area (Å²) in [5.74, 6) is 3.07. The summed E-state index contributed by atoms with van der Waals surface area (Å²) in [6.07, 6.45) is 5.39. The van der Waals surface area contributed by atoms with Crippen LogP contribution in [0.5, 0.6) is 23.0 Å². The van der Waals surface area contributed by atoms with E-state index in [1.165, 1.54) is 0 Å². The van der Waals surface area contributed by atoms with E-state index in [2.05, 4.69) is 6.92 Å². The number of Topliss-reactive ketones (excluding diaryl/α,β-unsaturated/α-hetero) is 1. The van der Waals surface area contributed by atoms with E-state index in [1.54, 1.807) is 28.4 Å². The molecule has 0 bridgehead atoms. The van der Waals surface area contributed by atoms with Crippen LogP contribution in [0.4, 0.5) is 0 Å². The van der Waals surface area contributed by atoms with Gasteiger partial charge in [0.05, 0.1) is 28.4 Å². The van der Waals surface area contributed by atoms with Crippen molar-refractivity contribution in [2.24, 2.45) is 5.92 Å². The van der Waals surface area contributed by atoms with Crippen LogP contribution in [0.2, 0.25) is 0 Å². The van der Waals surface area contributed by atoms with Crippen LogP contribution in [0.15, 0.2) is 47.5 Å². The number of hydrogen-bond donors (Lipinski definition) is 0. The van der Waals surface area contributed by atoms with Gasteiger partial charge in [-0.2, -0.15) is 0 Å². The molecule has 0 atom stereocenters. The zero-order valence-electron chi connectivity index (χ0n) is 18.2. The maximum Gasteiger partial charge on any atom is 0.185 e. The second-order valence-electron chi connectivity index (χ2n) is 7.41. The highest BCUT2D eigenvalue weighted by Crippen LogP contribution is 2.35. The third-order valence-electron chi connectivity index (χ3n) is 5.22. The van der Waals surface area contributed by atoms with E-state index >= 15 is 0 Å². The SMILES string of the molecule is COc1ccc(/C=C2\CC(C)C/C(=C\c3ccc(OC)c(OC)c3)C2=O)cc1OC. The first kappa shape index (κ1) is 21.5. The molecule has 5 nitrogen and oxygen atoms in total. The average Bonchev–Trinajstić information content (AvgIpc) is 2.76. The fourth-order valence-electron chi connectivity index (χ4n) is 3.75. The van der Waals surface area contributed by atoms with Gasteiger partial charge in [-0.05, 0) is 66.3 Å². The van der Waals surface area contributed by atoms with Gasteiger partial charge < -0.3 is 18.9 Å². The lowest BCUT2D eigenvalue weighted by atomic mass is 9.81. The van der Waals surface area contributed by atoms with E-state index in [9.17, 15) is 4.79 Å². The van der Waals surface area contributed by atoms with Crippen LogP contribution in [0.1, 0.15) is 30.9 Å². The molecule has 1 saturated carbocycles. The summed E-state index contributed by atoms with van der Waals surface area (Å²) in [7, 11) is 6.42. The summed E-state index contributed by atoms with van der Waals surface area (Å²) < 4.78 is 21.4. The van der Waals surface area contributed by atoms with Gasteiger partial charge in [-0.25, -0.2) is 0 Å². The second kappa shape index (κ2) is 9.53. The first-order chi connectivity index (χ1) is 14.5. The van der Waals surface area contributed by atoms with Crippen molar-refractivity contribution in [2.75, 3.05) is 28.4 Å². The van der Waals surface area contributed by atoms with Crippen molar-refractivity contribution in [3.8, 4) is 23.0 Å².